The van der Waals surface area contributed by atoms with Gasteiger partial charge in [0.1, 0.15) is 0 Å². The zero-order chi connectivity index (χ0) is 35.4. The number of aliphatic hydroxyl groups is 1. The van der Waals surface area contributed by atoms with Crippen LogP contribution in [0.3, 0.4) is 0 Å². The summed E-state index contributed by atoms with van der Waals surface area (Å²) in [5.41, 5.74) is 5.36. The van der Waals surface area contributed by atoms with Gasteiger partial charge in [0.2, 0.25) is 5.91 Å². The van der Waals surface area contributed by atoms with Crippen LogP contribution in [0.1, 0.15) is 187 Å². The molecule has 9 heteroatoms. The van der Waals surface area contributed by atoms with Crippen LogP contribution in [0, 0.1) is 0 Å². The summed E-state index contributed by atoms with van der Waals surface area (Å²) in [6.07, 6.45) is 39.3. The van der Waals surface area contributed by atoms with Crippen molar-refractivity contribution in [3.8, 4) is 0 Å². The van der Waals surface area contributed by atoms with E-state index in [0.717, 1.165) is 38.5 Å². The Morgan fingerprint density at radius 3 is 1.60 bits per heavy atom. The van der Waals surface area contributed by atoms with Crippen molar-refractivity contribution in [2.24, 2.45) is 5.73 Å². The summed E-state index contributed by atoms with van der Waals surface area (Å²) in [6, 6.07) is -0.871. The second kappa shape index (κ2) is 35.8. The van der Waals surface area contributed by atoms with Crippen LogP contribution in [0.2, 0.25) is 0 Å². The molecule has 0 aliphatic heterocycles. The molecule has 1 amide bonds. The van der Waals surface area contributed by atoms with Crippen molar-refractivity contribution >= 4 is 13.7 Å². The van der Waals surface area contributed by atoms with Gasteiger partial charge >= 0.3 is 7.82 Å². The van der Waals surface area contributed by atoms with E-state index in [0.29, 0.717) is 6.42 Å². The SMILES string of the molecule is CCCCCCCCCCC/C=C/CC/C=C/C(O)C(COP(=O)(O)OCCN)NC(=O)CCCCCCCCCCCCCCCC. The maximum Gasteiger partial charge on any atom is 0.472 e. The fraction of sp³-hybridized carbons (Fsp3) is 0.872. The van der Waals surface area contributed by atoms with Crippen LogP contribution in [-0.2, 0) is 18.4 Å². The second-order valence-electron chi connectivity index (χ2n) is 13.5. The summed E-state index contributed by atoms with van der Waals surface area (Å²) < 4.78 is 22.0. The van der Waals surface area contributed by atoms with Crippen molar-refractivity contribution in [2.75, 3.05) is 19.8 Å². The fourth-order valence-corrected chi connectivity index (χ4v) is 6.49. The highest BCUT2D eigenvalue weighted by Gasteiger charge is 2.26. The first-order chi connectivity index (χ1) is 23.4. The minimum absolute atomic E-state index is 0.0757. The summed E-state index contributed by atoms with van der Waals surface area (Å²) in [6.45, 7) is 4.11. The van der Waals surface area contributed by atoms with Crippen LogP contribution in [0.4, 0.5) is 0 Å². The number of nitrogens with two attached hydrogens (primary N) is 1. The van der Waals surface area contributed by atoms with Gasteiger partial charge in [-0.15, -0.1) is 0 Å². The summed E-state index contributed by atoms with van der Waals surface area (Å²) in [4.78, 5) is 22.6. The van der Waals surface area contributed by atoms with Crippen LogP contribution in [0.25, 0.3) is 0 Å². The topological polar surface area (TPSA) is 131 Å². The van der Waals surface area contributed by atoms with Gasteiger partial charge in [0.15, 0.2) is 0 Å². The van der Waals surface area contributed by atoms with Crippen LogP contribution >= 0.6 is 7.82 Å². The smallest absolute Gasteiger partial charge is 0.387 e. The van der Waals surface area contributed by atoms with E-state index in [4.69, 9.17) is 14.8 Å². The number of rotatable bonds is 37. The fourth-order valence-electron chi connectivity index (χ4n) is 5.74. The van der Waals surface area contributed by atoms with Crippen molar-refractivity contribution in [3.63, 3.8) is 0 Å². The number of carbonyl (C=O) groups is 1. The second-order valence-corrected chi connectivity index (χ2v) is 14.9. The lowest BCUT2D eigenvalue weighted by molar-refractivity contribution is -0.123. The number of hydrogen-bond donors (Lipinski definition) is 4. The highest BCUT2D eigenvalue weighted by atomic mass is 31.2. The van der Waals surface area contributed by atoms with Gasteiger partial charge in [0.05, 0.1) is 25.4 Å². The van der Waals surface area contributed by atoms with Crippen LogP contribution < -0.4 is 11.1 Å². The van der Waals surface area contributed by atoms with E-state index in [2.05, 4.69) is 31.3 Å². The molecule has 0 aromatic heterocycles. The van der Waals surface area contributed by atoms with Crippen LogP contribution in [0.15, 0.2) is 24.3 Å². The molecule has 284 valence electrons. The van der Waals surface area contributed by atoms with Crippen molar-refractivity contribution in [3.05, 3.63) is 24.3 Å². The number of nitrogens with one attached hydrogen (secondary N) is 1. The predicted octanol–water partition coefficient (Wildman–Crippen LogP) is 10.6. The van der Waals surface area contributed by atoms with Crippen molar-refractivity contribution in [1.29, 1.82) is 0 Å². The molecule has 0 spiro atoms. The molecule has 0 bridgehead atoms. The Balaban J connectivity index is 4.32. The zero-order valence-corrected chi connectivity index (χ0v) is 32.1. The molecular weight excluding hydrogens is 623 g/mol. The Labute approximate surface area is 296 Å². The van der Waals surface area contributed by atoms with E-state index in [9.17, 15) is 19.4 Å². The molecular formula is C39H77N2O6P. The highest BCUT2D eigenvalue weighted by molar-refractivity contribution is 7.47. The Morgan fingerprint density at radius 2 is 1.10 bits per heavy atom. The van der Waals surface area contributed by atoms with Crippen molar-refractivity contribution < 1.29 is 28.4 Å². The summed E-state index contributed by atoms with van der Waals surface area (Å²) in [5.74, 6) is -0.204. The number of amides is 1. The van der Waals surface area contributed by atoms with Gasteiger partial charge in [-0.25, -0.2) is 4.57 Å². The molecule has 0 heterocycles. The molecule has 8 nitrogen and oxygen atoms in total. The number of phosphoric ester groups is 1. The molecule has 0 radical (unpaired) electrons. The summed E-state index contributed by atoms with van der Waals surface area (Å²) in [5, 5.41) is 13.6. The largest absolute Gasteiger partial charge is 0.472 e. The van der Waals surface area contributed by atoms with E-state index in [1.165, 1.54) is 128 Å². The van der Waals surface area contributed by atoms with Gasteiger partial charge in [-0.3, -0.25) is 13.8 Å². The molecule has 0 rings (SSSR count). The minimum atomic E-state index is -4.34. The maximum atomic E-state index is 12.7. The highest BCUT2D eigenvalue weighted by Crippen LogP contribution is 2.43. The Kier molecular flexibility index (Phi) is 35.0. The minimum Gasteiger partial charge on any atom is -0.387 e. The first-order valence-electron chi connectivity index (χ1n) is 20.0. The molecule has 0 fully saturated rings. The number of phosphoric acid groups is 1. The lowest BCUT2D eigenvalue weighted by Crippen LogP contribution is -2.45. The van der Waals surface area contributed by atoms with E-state index in [-0.39, 0.29) is 25.7 Å². The zero-order valence-electron chi connectivity index (χ0n) is 31.2. The average molecular weight is 701 g/mol. The van der Waals surface area contributed by atoms with E-state index in [1.54, 1.807) is 6.08 Å². The third-order valence-electron chi connectivity index (χ3n) is 8.78. The number of allylic oxidation sites excluding steroid dienone is 3. The van der Waals surface area contributed by atoms with Crippen molar-refractivity contribution in [2.45, 2.75) is 199 Å². The van der Waals surface area contributed by atoms with Crippen molar-refractivity contribution in [1.82, 2.24) is 5.32 Å². The molecule has 0 aliphatic carbocycles. The average Bonchev–Trinajstić information content (AvgIpc) is 3.07. The first-order valence-corrected chi connectivity index (χ1v) is 21.5. The third kappa shape index (κ3) is 33.5. The van der Waals surface area contributed by atoms with E-state index >= 15 is 0 Å². The molecule has 0 saturated carbocycles. The standard InChI is InChI=1S/C39H77N2O6P/c1-3-5-7-9-11-13-15-17-19-20-22-24-26-28-30-32-38(42)37(36-47-48(44,45)46-35-34-40)41-39(43)33-31-29-27-25-23-21-18-16-14-12-10-8-6-4-2/h22,24,30,32,37-38,42H,3-21,23,25-29,31,33-36,40H2,1-2H3,(H,41,43)(H,44,45)/b24-22+,32-30+. The predicted molar refractivity (Wildman–Crippen MR) is 203 cm³/mol. The van der Waals surface area contributed by atoms with Gasteiger partial charge in [-0.1, -0.05) is 173 Å². The molecule has 0 aliphatic rings. The van der Waals surface area contributed by atoms with Gasteiger partial charge < -0.3 is 21.1 Å². The lowest BCUT2D eigenvalue weighted by Gasteiger charge is -2.23. The van der Waals surface area contributed by atoms with Gasteiger partial charge in [0.25, 0.3) is 0 Å². The van der Waals surface area contributed by atoms with Crippen LogP contribution in [-0.4, -0.2) is 47.8 Å². The number of unbranched alkanes of at least 4 members (excludes halogenated alkanes) is 23. The quantitative estimate of drug-likeness (QED) is 0.0288. The Hall–Kier alpha value is -1.02. The molecule has 0 aromatic rings. The lowest BCUT2D eigenvalue weighted by atomic mass is 10.0. The number of aliphatic hydroxyl groups excluding tert-OH is 1. The Morgan fingerprint density at radius 1 is 0.667 bits per heavy atom. The van der Waals surface area contributed by atoms with Gasteiger partial charge in [-0.2, -0.15) is 0 Å². The van der Waals surface area contributed by atoms with Gasteiger partial charge in [0, 0.05) is 13.0 Å². The van der Waals surface area contributed by atoms with E-state index in [1.807, 2.05) is 6.08 Å². The molecule has 5 N–H and O–H groups in total. The van der Waals surface area contributed by atoms with E-state index < -0.39 is 20.0 Å². The third-order valence-corrected chi connectivity index (χ3v) is 9.76. The number of hydrogen-bond acceptors (Lipinski definition) is 6. The maximum absolute atomic E-state index is 12.7. The monoisotopic (exact) mass is 701 g/mol. The van der Waals surface area contributed by atoms with Gasteiger partial charge in [-0.05, 0) is 32.1 Å². The van der Waals surface area contributed by atoms with Crippen LogP contribution in [0.5, 0.6) is 0 Å². The first kappa shape index (κ1) is 47.0. The summed E-state index contributed by atoms with van der Waals surface area (Å²) in [7, 11) is -4.34. The molecule has 3 atom stereocenters. The normalized spacial score (nSPS) is 14.5. The summed E-state index contributed by atoms with van der Waals surface area (Å²) >= 11 is 0. The molecule has 48 heavy (non-hydrogen) atoms. The molecule has 0 saturated heterocycles. The molecule has 3 unspecified atom stereocenters. The Bertz CT molecular complexity index is 809. The number of carbonyl (C=O) groups excluding carboxylic acids is 1. The molecule has 0 aromatic carbocycles.